The van der Waals surface area contributed by atoms with Gasteiger partial charge in [0.05, 0.1) is 26.6 Å². The van der Waals surface area contributed by atoms with Crippen LogP contribution in [-0.2, 0) is 0 Å². The van der Waals surface area contributed by atoms with E-state index >= 15 is 0 Å². The molecule has 8 nitrogen and oxygen atoms in total. The predicted molar refractivity (Wildman–Crippen MR) is 112 cm³/mol. The van der Waals surface area contributed by atoms with Crippen LogP contribution in [0.3, 0.4) is 0 Å². The Hall–Kier alpha value is -2.98. The number of aromatic amines is 1. The zero-order valence-electron chi connectivity index (χ0n) is 16.1. The SMILES string of the molecule is Cc1sc(C2=NC(=O)c3c(-c4sc(C)c5c4OCCO5)[nH]c(O)c32)c2c1OCCO2. The van der Waals surface area contributed by atoms with E-state index in [-0.39, 0.29) is 5.88 Å². The fourth-order valence-electron chi connectivity index (χ4n) is 3.99. The van der Waals surface area contributed by atoms with Crippen molar-refractivity contribution in [3.8, 4) is 39.4 Å². The Bertz CT molecular complexity index is 1270. The number of hydrogen-bond acceptors (Lipinski definition) is 8. The molecule has 30 heavy (non-hydrogen) atoms. The lowest BCUT2D eigenvalue weighted by Gasteiger charge is -2.16. The van der Waals surface area contributed by atoms with Gasteiger partial charge in [0.15, 0.2) is 28.9 Å². The van der Waals surface area contributed by atoms with E-state index < -0.39 is 5.91 Å². The van der Waals surface area contributed by atoms with E-state index in [1.54, 1.807) is 0 Å². The summed E-state index contributed by atoms with van der Waals surface area (Å²) in [6.45, 7) is 5.68. The van der Waals surface area contributed by atoms with E-state index in [2.05, 4.69) is 9.98 Å². The second-order valence-corrected chi connectivity index (χ2v) is 9.50. The van der Waals surface area contributed by atoms with Gasteiger partial charge < -0.3 is 29.0 Å². The average molecular weight is 444 g/mol. The number of aliphatic imine (C=N–C) groups is 1. The van der Waals surface area contributed by atoms with Crippen molar-refractivity contribution in [2.24, 2.45) is 4.99 Å². The summed E-state index contributed by atoms with van der Waals surface area (Å²) < 4.78 is 23.1. The molecule has 0 unspecified atom stereocenters. The number of aromatic hydroxyl groups is 1. The predicted octanol–water partition coefficient (Wildman–Crippen LogP) is 3.66. The fourth-order valence-corrected chi connectivity index (χ4v) is 6.08. The van der Waals surface area contributed by atoms with Crippen molar-refractivity contribution in [2.75, 3.05) is 26.4 Å². The van der Waals surface area contributed by atoms with E-state index in [1.165, 1.54) is 22.7 Å². The fraction of sp³-hybridized carbons (Fsp3) is 0.300. The van der Waals surface area contributed by atoms with Gasteiger partial charge in [-0.2, -0.15) is 0 Å². The number of nitrogens with zero attached hydrogens (tertiary/aromatic N) is 1. The van der Waals surface area contributed by atoms with Crippen molar-refractivity contribution < 1.29 is 28.8 Å². The highest BCUT2D eigenvalue weighted by molar-refractivity contribution is 7.16. The summed E-state index contributed by atoms with van der Waals surface area (Å²) in [4.78, 5) is 23.5. The van der Waals surface area contributed by atoms with Crippen molar-refractivity contribution >= 4 is 34.3 Å². The molecule has 0 fully saturated rings. The second-order valence-electron chi connectivity index (χ2n) is 7.05. The Morgan fingerprint density at radius 1 is 0.833 bits per heavy atom. The number of nitrogens with one attached hydrogen (secondary N) is 1. The van der Waals surface area contributed by atoms with Crippen molar-refractivity contribution in [2.45, 2.75) is 13.8 Å². The zero-order chi connectivity index (χ0) is 20.6. The van der Waals surface area contributed by atoms with E-state index in [9.17, 15) is 9.90 Å². The first-order valence-electron chi connectivity index (χ1n) is 9.41. The number of hydrogen-bond donors (Lipinski definition) is 2. The van der Waals surface area contributed by atoms with Crippen LogP contribution in [-0.4, -0.2) is 48.1 Å². The van der Waals surface area contributed by atoms with Crippen LogP contribution in [0.1, 0.15) is 30.6 Å². The maximum atomic E-state index is 13.0. The molecule has 0 aromatic carbocycles. The van der Waals surface area contributed by atoms with Gasteiger partial charge in [0.25, 0.3) is 5.91 Å². The molecule has 6 heterocycles. The first kappa shape index (κ1) is 17.8. The molecule has 3 aliphatic rings. The molecule has 154 valence electrons. The van der Waals surface area contributed by atoms with E-state index in [0.29, 0.717) is 81.7 Å². The van der Waals surface area contributed by atoms with Crippen molar-refractivity contribution in [3.05, 3.63) is 25.8 Å². The Kier molecular flexibility index (Phi) is 3.72. The summed E-state index contributed by atoms with van der Waals surface area (Å²) in [7, 11) is 0. The quantitative estimate of drug-likeness (QED) is 0.625. The number of amides is 1. The maximum Gasteiger partial charge on any atom is 0.280 e. The highest BCUT2D eigenvalue weighted by atomic mass is 32.1. The lowest BCUT2D eigenvalue weighted by atomic mass is 10.1. The summed E-state index contributed by atoms with van der Waals surface area (Å²) in [5.74, 6) is 2.00. The Balaban J connectivity index is 1.53. The average Bonchev–Trinajstić information content (AvgIpc) is 3.46. The molecule has 3 aromatic rings. The van der Waals surface area contributed by atoms with Crippen LogP contribution in [0.15, 0.2) is 4.99 Å². The van der Waals surface area contributed by atoms with Gasteiger partial charge in [-0.1, -0.05) is 0 Å². The van der Waals surface area contributed by atoms with Crippen molar-refractivity contribution in [1.82, 2.24) is 4.98 Å². The molecule has 0 bridgehead atoms. The highest BCUT2D eigenvalue weighted by Crippen LogP contribution is 2.52. The summed E-state index contributed by atoms with van der Waals surface area (Å²) >= 11 is 2.88. The number of carbonyl (C=O) groups is 1. The first-order chi connectivity index (χ1) is 14.5. The third kappa shape index (κ3) is 2.31. The molecule has 3 aromatic heterocycles. The van der Waals surface area contributed by atoms with Gasteiger partial charge in [0.2, 0.25) is 0 Å². The molecule has 0 radical (unpaired) electrons. The Morgan fingerprint density at radius 2 is 1.37 bits per heavy atom. The molecule has 6 rings (SSSR count). The Morgan fingerprint density at radius 3 is 2.00 bits per heavy atom. The number of carbonyl (C=O) groups excluding carboxylic acids is 1. The first-order valence-corrected chi connectivity index (χ1v) is 11.0. The number of ether oxygens (including phenoxy) is 4. The van der Waals surface area contributed by atoms with Crippen LogP contribution in [0.2, 0.25) is 0 Å². The number of H-pyrrole nitrogens is 1. The number of fused-ring (bicyclic) bond motifs is 3. The largest absolute Gasteiger partial charge is 0.494 e. The molecule has 0 saturated heterocycles. The summed E-state index contributed by atoms with van der Waals surface area (Å²) in [6.07, 6.45) is 0. The lowest BCUT2D eigenvalue weighted by Crippen LogP contribution is -2.16. The number of rotatable bonds is 2. The van der Waals surface area contributed by atoms with Crippen LogP contribution >= 0.6 is 22.7 Å². The molecule has 0 atom stereocenters. The van der Waals surface area contributed by atoms with Gasteiger partial charge in [-0.3, -0.25) is 4.79 Å². The van der Waals surface area contributed by atoms with Gasteiger partial charge in [-0.25, -0.2) is 4.99 Å². The second kappa shape index (κ2) is 6.26. The lowest BCUT2D eigenvalue weighted by molar-refractivity contribution is 0.101. The third-order valence-electron chi connectivity index (χ3n) is 5.21. The van der Waals surface area contributed by atoms with Gasteiger partial charge >= 0.3 is 0 Å². The smallest absolute Gasteiger partial charge is 0.280 e. The van der Waals surface area contributed by atoms with Crippen LogP contribution in [0.5, 0.6) is 28.9 Å². The summed E-state index contributed by atoms with van der Waals surface area (Å²) in [5.41, 5.74) is 1.60. The van der Waals surface area contributed by atoms with E-state index in [0.717, 1.165) is 9.75 Å². The van der Waals surface area contributed by atoms with E-state index in [1.807, 2.05) is 13.8 Å². The van der Waals surface area contributed by atoms with Gasteiger partial charge in [-0.15, -0.1) is 22.7 Å². The van der Waals surface area contributed by atoms with Gasteiger partial charge in [0.1, 0.15) is 32.1 Å². The highest BCUT2D eigenvalue weighted by Gasteiger charge is 2.39. The standard InChI is InChI=1S/C20H16N2O6S2/c1-7-13-15(27-5-3-25-13)17(29-7)11-9-10(20(24)21-11)12(22-19(9)23)18-16-14(8(2)30-18)26-4-6-28-16/h21,24H,3-6H2,1-2H3. The molecular weight excluding hydrogens is 428 g/mol. The van der Waals surface area contributed by atoms with Gasteiger partial charge in [-0.05, 0) is 13.8 Å². The number of aromatic nitrogens is 1. The van der Waals surface area contributed by atoms with E-state index in [4.69, 9.17) is 18.9 Å². The number of aryl methyl sites for hydroxylation is 2. The Labute approximate surface area is 178 Å². The monoisotopic (exact) mass is 444 g/mol. The molecular formula is C20H16N2O6S2. The minimum Gasteiger partial charge on any atom is -0.494 e. The molecule has 0 saturated carbocycles. The van der Waals surface area contributed by atoms with Crippen LogP contribution in [0.25, 0.3) is 10.6 Å². The molecule has 3 aliphatic heterocycles. The summed E-state index contributed by atoms with van der Waals surface area (Å²) in [6, 6.07) is 0. The summed E-state index contributed by atoms with van der Waals surface area (Å²) in [5, 5.41) is 10.8. The third-order valence-corrected chi connectivity index (χ3v) is 7.37. The molecule has 2 N–H and O–H groups in total. The minimum absolute atomic E-state index is 0.113. The minimum atomic E-state index is -0.417. The number of thiophene rings is 2. The topological polar surface area (TPSA) is 102 Å². The normalized spacial score (nSPS) is 16.6. The molecule has 10 heteroatoms. The van der Waals surface area contributed by atoms with Crippen LogP contribution < -0.4 is 18.9 Å². The van der Waals surface area contributed by atoms with Crippen molar-refractivity contribution in [3.63, 3.8) is 0 Å². The van der Waals surface area contributed by atoms with Crippen LogP contribution in [0.4, 0.5) is 0 Å². The van der Waals surface area contributed by atoms with Gasteiger partial charge in [0, 0.05) is 9.75 Å². The van der Waals surface area contributed by atoms with Crippen LogP contribution in [0, 0.1) is 13.8 Å². The molecule has 0 spiro atoms. The molecule has 0 aliphatic carbocycles. The maximum absolute atomic E-state index is 13.0. The zero-order valence-corrected chi connectivity index (χ0v) is 17.7. The molecule has 1 amide bonds. The van der Waals surface area contributed by atoms with Crippen molar-refractivity contribution in [1.29, 1.82) is 0 Å².